The molecule has 0 radical (unpaired) electrons. The Bertz CT molecular complexity index is 625. The molecule has 19 heavy (non-hydrogen) atoms. The number of nitrogens with zero attached hydrogens (tertiary/aromatic N) is 1. The van der Waals surface area contributed by atoms with Gasteiger partial charge in [0.15, 0.2) is 18.2 Å². The highest BCUT2D eigenvalue weighted by Gasteiger charge is 2.14. The minimum absolute atomic E-state index is 0.297. The molecule has 0 aliphatic carbocycles. The van der Waals surface area contributed by atoms with E-state index in [-0.39, 0.29) is 18.1 Å². The summed E-state index contributed by atoms with van der Waals surface area (Å²) in [6.07, 6.45) is 1.71. The van der Waals surface area contributed by atoms with Crippen molar-refractivity contribution in [3.8, 4) is 5.75 Å². The van der Waals surface area contributed by atoms with E-state index < -0.39 is 11.6 Å². The zero-order valence-electron chi connectivity index (χ0n) is 9.99. The van der Waals surface area contributed by atoms with Crippen molar-refractivity contribution in [2.24, 2.45) is 7.05 Å². The van der Waals surface area contributed by atoms with E-state index in [4.69, 9.17) is 4.74 Å². The second-order valence-electron chi connectivity index (χ2n) is 3.92. The lowest BCUT2D eigenvalue weighted by Crippen LogP contribution is -2.15. The molecule has 0 amide bonds. The first-order valence-corrected chi connectivity index (χ1v) is 6.20. The Labute approximate surface area is 116 Å². The van der Waals surface area contributed by atoms with Gasteiger partial charge in [0.25, 0.3) is 0 Å². The number of ether oxygens (including phenoxy) is 1. The first-order chi connectivity index (χ1) is 8.99. The van der Waals surface area contributed by atoms with Crippen molar-refractivity contribution in [2.45, 2.75) is 0 Å². The second-order valence-corrected chi connectivity index (χ2v) is 4.83. The van der Waals surface area contributed by atoms with Crippen molar-refractivity contribution in [3.05, 3.63) is 52.3 Å². The Kier molecular flexibility index (Phi) is 3.99. The summed E-state index contributed by atoms with van der Waals surface area (Å²) in [4.78, 5) is 11.8. The van der Waals surface area contributed by atoms with Crippen molar-refractivity contribution in [1.82, 2.24) is 4.57 Å². The van der Waals surface area contributed by atoms with Crippen molar-refractivity contribution in [3.63, 3.8) is 0 Å². The highest BCUT2D eigenvalue weighted by molar-refractivity contribution is 9.10. The maximum atomic E-state index is 13.4. The average Bonchev–Trinajstić information content (AvgIpc) is 2.78. The molecule has 6 heteroatoms. The van der Waals surface area contributed by atoms with Gasteiger partial charge in [-0.3, -0.25) is 4.79 Å². The lowest BCUT2D eigenvalue weighted by molar-refractivity contribution is 0.0910. The van der Waals surface area contributed by atoms with E-state index in [0.29, 0.717) is 10.2 Å². The zero-order valence-corrected chi connectivity index (χ0v) is 11.6. The fourth-order valence-corrected chi connectivity index (χ4v) is 2.01. The van der Waals surface area contributed by atoms with Gasteiger partial charge in [-0.2, -0.15) is 4.39 Å². The number of aryl methyl sites for hydroxylation is 1. The predicted molar refractivity (Wildman–Crippen MR) is 69.3 cm³/mol. The molecule has 2 aromatic rings. The largest absolute Gasteiger partial charge is 0.482 e. The lowest BCUT2D eigenvalue weighted by Gasteiger charge is -2.08. The molecule has 0 fully saturated rings. The summed E-state index contributed by atoms with van der Waals surface area (Å²) < 4.78 is 33.5. The number of aromatic nitrogens is 1. The molecule has 2 rings (SSSR count). The first kappa shape index (κ1) is 13.7. The van der Waals surface area contributed by atoms with Gasteiger partial charge in [0, 0.05) is 17.7 Å². The highest BCUT2D eigenvalue weighted by Crippen LogP contribution is 2.25. The molecule has 0 saturated carbocycles. The van der Waals surface area contributed by atoms with Crippen LogP contribution in [-0.2, 0) is 7.05 Å². The number of benzene rings is 1. The van der Waals surface area contributed by atoms with Gasteiger partial charge in [-0.05, 0) is 24.3 Å². The molecule has 0 aliphatic heterocycles. The van der Waals surface area contributed by atoms with Gasteiger partial charge in [0.05, 0.1) is 5.69 Å². The van der Waals surface area contributed by atoms with E-state index in [2.05, 4.69) is 15.9 Å². The molecule has 0 unspecified atom stereocenters. The Morgan fingerprint density at radius 1 is 1.42 bits per heavy atom. The minimum Gasteiger partial charge on any atom is -0.482 e. The molecule has 0 N–H and O–H groups in total. The number of hydrogen-bond donors (Lipinski definition) is 0. The van der Waals surface area contributed by atoms with E-state index in [9.17, 15) is 13.6 Å². The van der Waals surface area contributed by atoms with Crippen LogP contribution in [0.25, 0.3) is 0 Å². The van der Waals surface area contributed by atoms with Crippen LogP contribution in [0.3, 0.4) is 0 Å². The van der Waals surface area contributed by atoms with Crippen LogP contribution in [0.15, 0.2) is 34.9 Å². The highest BCUT2D eigenvalue weighted by atomic mass is 79.9. The third-order valence-corrected chi connectivity index (χ3v) is 3.01. The summed E-state index contributed by atoms with van der Waals surface area (Å²) in [7, 11) is 1.71. The van der Waals surface area contributed by atoms with Crippen LogP contribution in [-0.4, -0.2) is 17.0 Å². The van der Waals surface area contributed by atoms with Gasteiger partial charge in [-0.15, -0.1) is 0 Å². The lowest BCUT2D eigenvalue weighted by atomic mass is 10.3. The monoisotopic (exact) mass is 329 g/mol. The molecular formula is C13H10BrF2NO2. The fourth-order valence-electron chi connectivity index (χ4n) is 1.61. The summed E-state index contributed by atoms with van der Waals surface area (Å²) >= 11 is 3.03. The third kappa shape index (κ3) is 3.01. The number of hydrogen-bond acceptors (Lipinski definition) is 2. The fraction of sp³-hybridized carbons (Fsp3) is 0.154. The smallest absolute Gasteiger partial charge is 0.216 e. The predicted octanol–water partition coefficient (Wildman–Crippen LogP) is 3.33. The number of Topliss-reactive ketones (excluding diaryl/α,β-unsaturated/α-hetero) is 1. The Morgan fingerprint density at radius 3 is 2.79 bits per heavy atom. The molecule has 3 nitrogen and oxygen atoms in total. The van der Waals surface area contributed by atoms with E-state index >= 15 is 0 Å². The van der Waals surface area contributed by atoms with E-state index in [1.165, 1.54) is 6.07 Å². The van der Waals surface area contributed by atoms with E-state index in [0.717, 1.165) is 6.07 Å². The van der Waals surface area contributed by atoms with Gasteiger partial charge in [-0.25, -0.2) is 4.39 Å². The van der Waals surface area contributed by atoms with Gasteiger partial charge >= 0.3 is 0 Å². The number of rotatable bonds is 4. The van der Waals surface area contributed by atoms with Crippen LogP contribution in [0.4, 0.5) is 8.78 Å². The van der Waals surface area contributed by atoms with Crippen LogP contribution < -0.4 is 4.74 Å². The maximum absolute atomic E-state index is 13.4. The molecule has 0 aliphatic rings. The SMILES string of the molecule is Cn1cccc1C(=O)COc1cc(Br)cc(F)c1F. The Morgan fingerprint density at radius 2 is 2.16 bits per heavy atom. The number of halogens is 3. The van der Waals surface area contributed by atoms with Crippen molar-refractivity contribution in [1.29, 1.82) is 0 Å². The van der Waals surface area contributed by atoms with E-state index in [1.807, 2.05) is 0 Å². The normalized spacial score (nSPS) is 10.5. The van der Waals surface area contributed by atoms with Crippen LogP contribution in [0, 0.1) is 11.6 Å². The molecular weight excluding hydrogens is 320 g/mol. The Balaban J connectivity index is 2.11. The van der Waals surface area contributed by atoms with Gasteiger partial charge in [-0.1, -0.05) is 15.9 Å². The molecule has 1 aromatic carbocycles. The number of ketones is 1. The van der Waals surface area contributed by atoms with Crippen molar-refractivity contribution < 1.29 is 18.3 Å². The molecule has 1 aromatic heterocycles. The van der Waals surface area contributed by atoms with Crippen LogP contribution in [0.2, 0.25) is 0 Å². The molecule has 0 spiro atoms. The molecule has 0 atom stereocenters. The zero-order chi connectivity index (χ0) is 14.0. The van der Waals surface area contributed by atoms with Crippen LogP contribution >= 0.6 is 15.9 Å². The summed E-state index contributed by atoms with van der Waals surface area (Å²) in [5.74, 6) is -2.75. The van der Waals surface area contributed by atoms with Gasteiger partial charge in [0.2, 0.25) is 11.6 Å². The molecule has 0 saturated heterocycles. The molecule has 1 heterocycles. The summed E-state index contributed by atoms with van der Waals surface area (Å²) in [5.41, 5.74) is 0.441. The summed E-state index contributed by atoms with van der Waals surface area (Å²) in [5, 5.41) is 0. The maximum Gasteiger partial charge on any atom is 0.216 e. The van der Waals surface area contributed by atoms with Crippen molar-refractivity contribution >= 4 is 21.7 Å². The number of carbonyl (C=O) groups excluding carboxylic acids is 1. The average molecular weight is 330 g/mol. The van der Waals surface area contributed by atoms with Crippen molar-refractivity contribution in [2.75, 3.05) is 6.61 Å². The van der Waals surface area contributed by atoms with E-state index in [1.54, 1.807) is 29.9 Å². The minimum atomic E-state index is -1.11. The summed E-state index contributed by atoms with van der Waals surface area (Å²) in [6, 6.07) is 5.61. The quantitative estimate of drug-likeness (QED) is 0.636. The standard InChI is InChI=1S/C13H10BrF2NO2/c1-17-4-2-3-10(17)11(18)7-19-12-6-8(14)5-9(15)13(12)16/h2-6H,7H2,1H3. The van der Waals surface area contributed by atoms with Gasteiger partial charge in [0.1, 0.15) is 0 Å². The molecule has 0 bridgehead atoms. The van der Waals surface area contributed by atoms with Crippen LogP contribution in [0.5, 0.6) is 5.75 Å². The Hall–Kier alpha value is -1.69. The summed E-state index contributed by atoms with van der Waals surface area (Å²) in [6.45, 7) is -0.356. The first-order valence-electron chi connectivity index (χ1n) is 5.41. The number of carbonyl (C=O) groups is 1. The van der Waals surface area contributed by atoms with Crippen LogP contribution in [0.1, 0.15) is 10.5 Å². The third-order valence-electron chi connectivity index (χ3n) is 2.55. The topological polar surface area (TPSA) is 31.2 Å². The van der Waals surface area contributed by atoms with Gasteiger partial charge < -0.3 is 9.30 Å². The second kappa shape index (κ2) is 5.52. The molecule has 100 valence electrons.